The molecular formula is C16H21F3N4O2. The molecule has 1 aromatic carbocycles. The van der Waals surface area contributed by atoms with E-state index in [9.17, 15) is 22.8 Å². The monoisotopic (exact) mass is 358 g/mol. The van der Waals surface area contributed by atoms with E-state index in [0.29, 0.717) is 0 Å². The minimum absolute atomic E-state index is 0.185. The van der Waals surface area contributed by atoms with Gasteiger partial charge in [0.05, 0.1) is 24.3 Å². The Kier molecular flexibility index (Phi) is 6.38. The summed E-state index contributed by atoms with van der Waals surface area (Å²) in [6.45, 7) is 2.95. The number of nitrogens with one attached hydrogen (secondary N) is 2. The van der Waals surface area contributed by atoms with Crippen LogP contribution in [-0.4, -0.2) is 67.9 Å². The largest absolute Gasteiger partial charge is 0.418 e. The third kappa shape index (κ3) is 5.71. The van der Waals surface area contributed by atoms with Crippen LogP contribution < -0.4 is 10.6 Å². The molecule has 6 nitrogen and oxygen atoms in total. The van der Waals surface area contributed by atoms with Crippen molar-refractivity contribution in [1.29, 1.82) is 0 Å². The van der Waals surface area contributed by atoms with Crippen molar-refractivity contribution in [2.75, 3.05) is 51.6 Å². The van der Waals surface area contributed by atoms with Crippen LogP contribution in [0.15, 0.2) is 24.3 Å². The normalized spacial score (nSPS) is 15.7. The summed E-state index contributed by atoms with van der Waals surface area (Å²) >= 11 is 0. The van der Waals surface area contributed by atoms with Gasteiger partial charge in [-0.2, -0.15) is 13.2 Å². The molecule has 2 amide bonds. The summed E-state index contributed by atoms with van der Waals surface area (Å²) in [4.78, 5) is 27.3. The molecule has 0 atom stereocenters. The van der Waals surface area contributed by atoms with Crippen LogP contribution in [-0.2, 0) is 15.8 Å². The lowest BCUT2D eigenvalue weighted by Gasteiger charge is -2.28. The van der Waals surface area contributed by atoms with Gasteiger partial charge in [-0.3, -0.25) is 14.5 Å². The number of amides is 2. The number of alkyl halides is 3. The van der Waals surface area contributed by atoms with Gasteiger partial charge in [0.25, 0.3) is 0 Å². The van der Waals surface area contributed by atoms with Crippen LogP contribution in [0.2, 0.25) is 0 Å². The molecule has 1 aromatic rings. The number of carbonyl (C=O) groups excluding carboxylic acids is 2. The Bertz CT molecular complexity index is 616. The summed E-state index contributed by atoms with van der Waals surface area (Å²) in [6.07, 6.45) is -4.56. The van der Waals surface area contributed by atoms with Gasteiger partial charge < -0.3 is 15.5 Å². The van der Waals surface area contributed by atoms with Crippen LogP contribution in [0.5, 0.6) is 0 Å². The summed E-state index contributed by atoms with van der Waals surface area (Å²) in [5, 5.41) is 5.40. The molecule has 9 heteroatoms. The summed E-state index contributed by atoms with van der Waals surface area (Å²) in [5.74, 6) is -0.922. The molecule has 1 heterocycles. The van der Waals surface area contributed by atoms with Gasteiger partial charge in [0.2, 0.25) is 11.8 Å². The smallest absolute Gasteiger partial charge is 0.335 e. The maximum atomic E-state index is 12.9. The third-order valence-electron chi connectivity index (χ3n) is 3.88. The molecule has 2 rings (SSSR count). The molecule has 138 valence electrons. The highest BCUT2D eigenvalue weighted by Gasteiger charge is 2.33. The Balaban J connectivity index is 1.90. The second kappa shape index (κ2) is 8.30. The average molecular weight is 358 g/mol. The van der Waals surface area contributed by atoms with Crippen LogP contribution in [0.3, 0.4) is 0 Å². The lowest BCUT2D eigenvalue weighted by molar-refractivity contribution is -0.137. The predicted octanol–water partition coefficient (Wildman–Crippen LogP) is 1.01. The first kappa shape index (κ1) is 19.2. The zero-order valence-electron chi connectivity index (χ0n) is 13.9. The summed E-state index contributed by atoms with van der Waals surface area (Å²) in [5.41, 5.74) is -1.24. The second-order valence-corrected chi connectivity index (χ2v) is 5.87. The first-order valence-electron chi connectivity index (χ1n) is 7.90. The Morgan fingerprint density at radius 2 is 1.88 bits per heavy atom. The van der Waals surface area contributed by atoms with E-state index in [0.717, 1.165) is 32.2 Å². The van der Waals surface area contributed by atoms with Gasteiger partial charge in [-0.25, -0.2) is 0 Å². The predicted molar refractivity (Wildman–Crippen MR) is 87.0 cm³/mol. The number of hydrogen-bond donors (Lipinski definition) is 2. The van der Waals surface area contributed by atoms with E-state index in [1.54, 1.807) is 0 Å². The Morgan fingerprint density at radius 3 is 2.52 bits per heavy atom. The molecule has 0 saturated carbocycles. The van der Waals surface area contributed by atoms with Crippen LogP contribution in [0.4, 0.5) is 18.9 Å². The van der Waals surface area contributed by atoms with Crippen molar-refractivity contribution in [3.63, 3.8) is 0 Å². The van der Waals surface area contributed by atoms with Crippen molar-refractivity contribution in [2.24, 2.45) is 0 Å². The highest BCUT2D eigenvalue weighted by molar-refractivity contribution is 5.95. The molecule has 25 heavy (non-hydrogen) atoms. The molecule has 1 fully saturated rings. The van der Waals surface area contributed by atoms with E-state index < -0.39 is 17.6 Å². The van der Waals surface area contributed by atoms with Gasteiger partial charge in [0.1, 0.15) is 0 Å². The van der Waals surface area contributed by atoms with E-state index in [1.165, 1.54) is 30.1 Å². The number of carbonyl (C=O) groups is 2. The molecule has 0 bridgehead atoms. The zero-order valence-corrected chi connectivity index (χ0v) is 13.9. The fraction of sp³-hybridized carbons (Fsp3) is 0.500. The number of hydrogen-bond acceptors (Lipinski definition) is 4. The number of rotatable bonds is 5. The number of benzene rings is 1. The fourth-order valence-electron chi connectivity index (χ4n) is 2.51. The zero-order chi connectivity index (χ0) is 18.4. The maximum absolute atomic E-state index is 12.9. The van der Waals surface area contributed by atoms with Crippen molar-refractivity contribution in [1.82, 2.24) is 15.1 Å². The van der Waals surface area contributed by atoms with Crippen molar-refractivity contribution >= 4 is 17.5 Å². The lowest BCUT2D eigenvalue weighted by atomic mass is 10.1. The summed E-state index contributed by atoms with van der Waals surface area (Å²) in [6, 6.07) is 4.74. The Morgan fingerprint density at radius 1 is 1.24 bits per heavy atom. The van der Waals surface area contributed by atoms with Crippen molar-refractivity contribution in [2.45, 2.75) is 6.18 Å². The number of nitrogens with zero attached hydrogens (tertiary/aromatic N) is 2. The number of piperazine rings is 1. The molecule has 0 unspecified atom stereocenters. The average Bonchev–Trinajstić information content (AvgIpc) is 2.55. The van der Waals surface area contributed by atoms with Gasteiger partial charge in [-0.05, 0) is 12.1 Å². The standard InChI is InChI=1S/C16H21F3N4O2/c1-22(15(25)11-23-8-6-20-7-9-23)10-14(24)21-13-5-3-2-4-12(13)16(17,18)19/h2-5,20H,6-11H2,1H3,(H,21,24). The highest BCUT2D eigenvalue weighted by Crippen LogP contribution is 2.34. The number of anilines is 1. The van der Waals surface area contributed by atoms with Gasteiger partial charge in [0.15, 0.2) is 0 Å². The van der Waals surface area contributed by atoms with E-state index in [4.69, 9.17) is 0 Å². The minimum Gasteiger partial charge on any atom is -0.335 e. The number of para-hydroxylation sites is 1. The molecule has 0 spiro atoms. The lowest BCUT2D eigenvalue weighted by Crippen LogP contribution is -2.48. The molecule has 1 aliphatic heterocycles. The molecule has 0 radical (unpaired) electrons. The van der Waals surface area contributed by atoms with E-state index in [1.807, 2.05) is 4.90 Å². The van der Waals surface area contributed by atoms with Crippen LogP contribution in [0.1, 0.15) is 5.56 Å². The van der Waals surface area contributed by atoms with Gasteiger partial charge in [-0.15, -0.1) is 0 Å². The van der Waals surface area contributed by atoms with E-state index >= 15 is 0 Å². The number of likely N-dealkylation sites (N-methyl/N-ethyl adjacent to an activating group) is 1. The van der Waals surface area contributed by atoms with Crippen molar-refractivity contribution in [3.05, 3.63) is 29.8 Å². The van der Waals surface area contributed by atoms with Crippen LogP contribution in [0, 0.1) is 0 Å². The number of halogens is 3. The van der Waals surface area contributed by atoms with Gasteiger partial charge in [-0.1, -0.05) is 12.1 Å². The van der Waals surface area contributed by atoms with Crippen LogP contribution in [0.25, 0.3) is 0 Å². The highest BCUT2D eigenvalue weighted by atomic mass is 19.4. The molecule has 2 N–H and O–H groups in total. The van der Waals surface area contributed by atoms with Crippen molar-refractivity contribution < 1.29 is 22.8 Å². The molecule has 0 aromatic heterocycles. The first-order valence-corrected chi connectivity index (χ1v) is 7.90. The Hall–Kier alpha value is -2.13. The van der Waals surface area contributed by atoms with Gasteiger partial charge in [0, 0.05) is 33.2 Å². The van der Waals surface area contributed by atoms with Crippen molar-refractivity contribution in [3.8, 4) is 0 Å². The summed E-state index contributed by atoms with van der Waals surface area (Å²) in [7, 11) is 1.46. The van der Waals surface area contributed by atoms with Gasteiger partial charge >= 0.3 is 6.18 Å². The molecular weight excluding hydrogens is 337 g/mol. The van der Waals surface area contributed by atoms with E-state index in [-0.39, 0.29) is 24.7 Å². The molecule has 0 aliphatic carbocycles. The SMILES string of the molecule is CN(CC(=O)Nc1ccccc1C(F)(F)F)C(=O)CN1CCNCC1. The maximum Gasteiger partial charge on any atom is 0.418 e. The summed E-state index contributed by atoms with van der Waals surface area (Å²) < 4.78 is 38.8. The Labute approximate surface area is 144 Å². The van der Waals surface area contributed by atoms with Crippen LogP contribution >= 0.6 is 0 Å². The minimum atomic E-state index is -4.56. The second-order valence-electron chi connectivity index (χ2n) is 5.87. The quantitative estimate of drug-likeness (QED) is 0.825. The third-order valence-corrected chi connectivity index (χ3v) is 3.88. The molecule has 1 saturated heterocycles. The topological polar surface area (TPSA) is 64.7 Å². The first-order chi connectivity index (χ1) is 11.8. The fourth-order valence-corrected chi connectivity index (χ4v) is 2.51. The van der Waals surface area contributed by atoms with E-state index in [2.05, 4.69) is 10.6 Å². The molecule has 1 aliphatic rings.